The number of carbonyl (C=O) groups is 1. The van der Waals surface area contributed by atoms with Crippen molar-refractivity contribution in [1.82, 2.24) is 15.3 Å². The maximum Gasteiger partial charge on any atom is 0.317 e. The van der Waals surface area contributed by atoms with E-state index in [2.05, 4.69) is 50.5 Å². The highest BCUT2D eigenvalue weighted by atomic mass is 16.2. The minimum Gasteiger partial charge on any atom is -0.351 e. The van der Waals surface area contributed by atoms with Crippen molar-refractivity contribution >= 4 is 30.1 Å². The van der Waals surface area contributed by atoms with E-state index in [9.17, 15) is 4.79 Å². The highest BCUT2D eigenvalue weighted by Crippen LogP contribution is 2.31. The van der Waals surface area contributed by atoms with Crippen LogP contribution in [0.2, 0.25) is 0 Å². The number of hydrogen-bond acceptors (Lipinski definition) is 5. The van der Waals surface area contributed by atoms with E-state index in [4.69, 9.17) is 10.7 Å². The number of aromatic nitrogens is 2. The lowest BCUT2D eigenvalue weighted by molar-refractivity contribution is 0.259. The third-order valence-corrected chi connectivity index (χ3v) is 5.22. The van der Waals surface area contributed by atoms with Gasteiger partial charge in [0.15, 0.2) is 5.84 Å². The molecule has 2 aromatic heterocycles. The molecule has 174 valence electrons. The lowest BCUT2D eigenvalue weighted by atomic mass is 9.98. The first-order chi connectivity index (χ1) is 17.1. The summed E-state index contributed by atoms with van der Waals surface area (Å²) < 4.78 is 0. The Balaban J connectivity index is 1.68. The van der Waals surface area contributed by atoms with Crippen molar-refractivity contribution in [1.29, 1.82) is 0 Å². The summed E-state index contributed by atoms with van der Waals surface area (Å²) in [6.45, 7) is 4.89. The largest absolute Gasteiger partial charge is 0.351 e. The van der Waals surface area contributed by atoms with Crippen LogP contribution < -0.4 is 16.4 Å². The molecule has 8 nitrogen and oxygen atoms in total. The van der Waals surface area contributed by atoms with Gasteiger partial charge in [0.2, 0.25) is 0 Å². The lowest BCUT2D eigenvalue weighted by Crippen LogP contribution is -2.20. The van der Waals surface area contributed by atoms with Crippen LogP contribution in [-0.2, 0) is 13.1 Å². The van der Waals surface area contributed by atoms with Crippen molar-refractivity contribution in [3.8, 4) is 11.1 Å². The summed E-state index contributed by atoms with van der Waals surface area (Å²) in [5.41, 5.74) is 10.7. The van der Waals surface area contributed by atoms with Crippen LogP contribution in [0.4, 0.5) is 16.3 Å². The van der Waals surface area contributed by atoms with Crippen LogP contribution in [-0.4, -0.2) is 28.6 Å². The molecule has 0 atom stereocenters. The average molecular weight is 464 g/mol. The Bertz CT molecular complexity index is 1320. The number of hydrogen-bond donors (Lipinski definition) is 3. The Morgan fingerprint density at radius 2 is 1.74 bits per heavy atom. The number of urea groups is 1. The molecule has 0 aliphatic rings. The van der Waals surface area contributed by atoms with Crippen LogP contribution >= 0.6 is 0 Å². The van der Waals surface area contributed by atoms with Crippen molar-refractivity contribution in [3.05, 3.63) is 108 Å². The van der Waals surface area contributed by atoms with Gasteiger partial charge < -0.3 is 11.1 Å². The summed E-state index contributed by atoms with van der Waals surface area (Å²) in [5.74, 6) is 0.759. The van der Waals surface area contributed by atoms with Crippen LogP contribution in [0.15, 0.2) is 101 Å². The van der Waals surface area contributed by atoms with Gasteiger partial charge in [-0.25, -0.2) is 19.8 Å². The van der Waals surface area contributed by atoms with Gasteiger partial charge in [-0.2, -0.15) is 0 Å². The first-order valence-electron chi connectivity index (χ1n) is 11.0. The number of benzene rings is 2. The molecule has 0 spiro atoms. The highest BCUT2D eigenvalue weighted by molar-refractivity contribution is 6.03. The van der Waals surface area contributed by atoms with Gasteiger partial charge in [0.25, 0.3) is 0 Å². The second-order valence-electron chi connectivity index (χ2n) is 7.61. The normalized spacial score (nSPS) is 11.1. The summed E-state index contributed by atoms with van der Waals surface area (Å²) in [6, 6.07) is 24.7. The summed E-state index contributed by atoms with van der Waals surface area (Å²) >= 11 is 0. The van der Waals surface area contributed by atoms with Crippen molar-refractivity contribution in [3.63, 3.8) is 0 Å². The molecule has 0 aliphatic carbocycles. The maximum atomic E-state index is 11.1. The highest BCUT2D eigenvalue weighted by Gasteiger charge is 2.12. The molecule has 8 heteroatoms. The number of nitrogens with two attached hydrogens (primary N) is 1. The molecule has 4 N–H and O–H groups in total. The molecule has 0 radical (unpaired) electrons. The van der Waals surface area contributed by atoms with Gasteiger partial charge in [0.05, 0.1) is 11.4 Å². The van der Waals surface area contributed by atoms with Crippen molar-refractivity contribution in [2.75, 3.05) is 5.32 Å². The fourth-order valence-electron chi connectivity index (χ4n) is 3.60. The molecule has 0 fully saturated rings. The van der Waals surface area contributed by atoms with Gasteiger partial charge in [-0.05, 0) is 53.7 Å². The predicted molar refractivity (Wildman–Crippen MR) is 140 cm³/mol. The summed E-state index contributed by atoms with van der Waals surface area (Å²) in [6.07, 6.45) is 3.35. The van der Waals surface area contributed by atoms with Crippen molar-refractivity contribution < 1.29 is 4.79 Å². The molecule has 4 rings (SSSR count). The number of anilines is 1. The van der Waals surface area contributed by atoms with Gasteiger partial charge in [-0.15, -0.1) is 0 Å². The SMILES string of the molecule is C=NC(=Nc1cccc(-c2ccccc2)c1CNCc1ccccn1)c1ccc(NC(N)=O)nc1. The third kappa shape index (κ3) is 6.21. The van der Waals surface area contributed by atoms with E-state index >= 15 is 0 Å². The van der Waals surface area contributed by atoms with Crippen LogP contribution in [0.25, 0.3) is 11.1 Å². The molecule has 35 heavy (non-hydrogen) atoms. The number of aliphatic imine (C=N–C) groups is 2. The first kappa shape index (κ1) is 23.5. The standard InChI is InChI=1S/C27H25N7O/c1-29-26(20-13-14-25(32-16-20)34-27(28)35)33-24-12-7-11-22(19-8-3-2-4-9-19)23(24)18-30-17-21-10-5-6-15-31-21/h2-16,30H,1,17-18H2,(H3,28,32,34,35). The number of nitrogens with one attached hydrogen (secondary N) is 2. The van der Waals surface area contributed by atoms with Crippen LogP contribution in [0.3, 0.4) is 0 Å². The van der Waals surface area contributed by atoms with Crippen molar-refractivity contribution in [2.24, 2.45) is 15.7 Å². The fourth-order valence-corrected chi connectivity index (χ4v) is 3.60. The fraction of sp³-hybridized carbons (Fsp3) is 0.0741. The van der Waals surface area contributed by atoms with E-state index < -0.39 is 6.03 Å². The third-order valence-electron chi connectivity index (χ3n) is 5.22. The van der Waals surface area contributed by atoms with Crippen LogP contribution in [0, 0.1) is 0 Å². The Morgan fingerprint density at radius 3 is 2.43 bits per heavy atom. The smallest absolute Gasteiger partial charge is 0.317 e. The zero-order valence-corrected chi connectivity index (χ0v) is 19.1. The number of pyridine rings is 2. The molecule has 0 aliphatic heterocycles. The Hall–Kier alpha value is -4.69. The Kier molecular flexibility index (Phi) is 7.67. The zero-order chi connectivity index (χ0) is 24.5. The molecule has 2 heterocycles. The Morgan fingerprint density at radius 1 is 0.914 bits per heavy atom. The molecular formula is C27H25N7O. The van der Waals surface area contributed by atoms with E-state index in [0.717, 1.165) is 28.1 Å². The second kappa shape index (κ2) is 11.4. The molecule has 0 saturated carbocycles. The summed E-state index contributed by atoms with van der Waals surface area (Å²) in [4.78, 5) is 28.6. The van der Waals surface area contributed by atoms with E-state index in [-0.39, 0.29) is 0 Å². The topological polar surface area (TPSA) is 118 Å². The maximum absolute atomic E-state index is 11.1. The van der Waals surface area contributed by atoms with Crippen molar-refractivity contribution in [2.45, 2.75) is 13.1 Å². The van der Waals surface area contributed by atoms with E-state index in [1.807, 2.05) is 48.5 Å². The lowest BCUT2D eigenvalue weighted by Gasteiger charge is -2.14. The quantitative estimate of drug-likeness (QED) is 0.259. The van der Waals surface area contributed by atoms with E-state index in [1.165, 1.54) is 0 Å². The number of nitrogens with zero attached hydrogens (tertiary/aromatic N) is 4. The van der Waals surface area contributed by atoms with Gasteiger partial charge >= 0.3 is 6.03 Å². The molecule has 0 unspecified atom stereocenters. The van der Waals surface area contributed by atoms with Gasteiger partial charge in [-0.1, -0.05) is 48.5 Å². The molecule has 4 aromatic rings. The number of amidine groups is 1. The molecular weight excluding hydrogens is 438 g/mol. The second-order valence-corrected chi connectivity index (χ2v) is 7.61. The molecule has 2 aromatic carbocycles. The van der Waals surface area contributed by atoms with Gasteiger partial charge in [0.1, 0.15) is 5.82 Å². The minimum absolute atomic E-state index is 0.343. The summed E-state index contributed by atoms with van der Waals surface area (Å²) in [7, 11) is 0. The van der Waals surface area contributed by atoms with Crippen LogP contribution in [0.1, 0.15) is 16.8 Å². The van der Waals surface area contributed by atoms with Crippen LogP contribution in [0.5, 0.6) is 0 Å². The molecule has 0 bridgehead atoms. The monoisotopic (exact) mass is 463 g/mol. The predicted octanol–water partition coefficient (Wildman–Crippen LogP) is 4.70. The van der Waals surface area contributed by atoms with Gasteiger partial charge in [-0.3, -0.25) is 10.3 Å². The Labute approximate surface area is 203 Å². The number of carbonyl (C=O) groups excluding carboxylic acids is 1. The first-order valence-corrected chi connectivity index (χ1v) is 11.0. The summed E-state index contributed by atoms with van der Waals surface area (Å²) in [5, 5.41) is 5.92. The average Bonchev–Trinajstić information content (AvgIpc) is 2.89. The number of amides is 2. The number of rotatable bonds is 8. The number of primary amides is 1. The van der Waals surface area contributed by atoms with E-state index in [0.29, 0.717) is 30.3 Å². The minimum atomic E-state index is -0.679. The zero-order valence-electron chi connectivity index (χ0n) is 19.1. The molecule has 2 amide bonds. The van der Waals surface area contributed by atoms with Gasteiger partial charge in [0, 0.05) is 31.0 Å². The molecule has 0 saturated heterocycles. The van der Waals surface area contributed by atoms with E-state index in [1.54, 1.807) is 24.5 Å².